The molecule has 2 atom stereocenters. The molecule has 1 aromatic heterocycles. The predicted octanol–water partition coefficient (Wildman–Crippen LogP) is 1.93. The SMILES string of the molecule is O=Cc1coc2ccc(C(O)C(O)CNC(=O)OCc3ccccc3)cc2c1=O. The monoisotopic (exact) mass is 397 g/mol. The fraction of sp³-hybridized carbons (Fsp3) is 0.190. The van der Waals surface area contributed by atoms with Crippen molar-refractivity contribution in [2.75, 3.05) is 6.54 Å². The fourth-order valence-corrected chi connectivity index (χ4v) is 2.72. The summed E-state index contributed by atoms with van der Waals surface area (Å²) in [5, 5.41) is 23.0. The number of aliphatic hydroxyl groups is 2. The van der Waals surface area contributed by atoms with E-state index in [1.54, 1.807) is 12.1 Å². The molecule has 29 heavy (non-hydrogen) atoms. The zero-order valence-electron chi connectivity index (χ0n) is 15.3. The first-order valence-electron chi connectivity index (χ1n) is 8.81. The molecular formula is C21H19NO7. The predicted molar refractivity (Wildman–Crippen MR) is 103 cm³/mol. The molecule has 0 aliphatic carbocycles. The molecule has 0 aliphatic rings. The number of amides is 1. The van der Waals surface area contributed by atoms with E-state index in [0.29, 0.717) is 6.29 Å². The van der Waals surface area contributed by atoms with Crippen molar-refractivity contribution in [2.24, 2.45) is 0 Å². The van der Waals surface area contributed by atoms with E-state index in [1.165, 1.54) is 18.2 Å². The lowest BCUT2D eigenvalue weighted by atomic mass is 10.0. The van der Waals surface area contributed by atoms with Gasteiger partial charge in [0.2, 0.25) is 5.43 Å². The highest BCUT2D eigenvalue weighted by Crippen LogP contribution is 2.21. The fourth-order valence-electron chi connectivity index (χ4n) is 2.72. The molecule has 2 aromatic carbocycles. The normalized spacial score (nSPS) is 12.9. The third-order valence-corrected chi connectivity index (χ3v) is 4.32. The van der Waals surface area contributed by atoms with Gasteiger partial charge in [-0.1, -0.05) is 36.4 Å². The van der Waals surface area contributed by atoms with Gasteiger partial charge in [-0.2, -0.15) is 0 Å². The number of benzene rings is 2. The molecule has 8 heteroatoms. The molecule has 3 aromatic rings. The van der Waals surface area contributed by atoms with Gasteiger partial charge in [-0.05, 0) is 23.3 Å². The molecule has 0 saturated heterocycles. The van der Waals surface area contributed by atoms with Crippen LogP contribution in [0.2, 0.25) is 0 Å². The zero-order valence-corrected chi connectivity index (χ0v) is 15.3. The van der Waals surface area contributed by atoms with Gasteiger partial charge in [0.25, 0.3) is 0 Å². The van der Waals surface area contributed by atoms with Gasteiger partial charge in [-0.15, -0.1) is 0 Å². The van der Waals surface area contributed by atoms with Crippen molar-refractivity contribution in [3.8, 4) is 0 Å². The van der Waals surface area contributed by atoms with Crippen molar-refractivity contribution in [1.29, 1.82) is 0 Å². The van der Waals surface area contributed by atoms with Crippen molar-refractivity contribution in [3.63, 3.8) is 0 Å². The number of hydrogen-bond acceptors (Lipinski definition) is 7. The van der Waals surface area contributed by atoms with E-state index in [4.69, 9.17) is 9.15 Å². The second-order valence-corrected chi connectivity index (χ2v) is 6.35. The highest BCUT2D eigenvalue weighted by atomic mass is 16.5. The van der Waals surface area contributed by atoms with Crippen LogP contribution in [0.5, 0.6) is 0 Å². The Labute approximate surface area is 165 Å². The number of fused-ring (bicyclic) bond motifs is 1. The van der Waals surface area contributed by atoms with Gasteiger partial charge in [0.05, 0.1) is 10.9 Å². The minimum Gasteiger partial charge on any atom is -0.463 e. The van der Waals surface area contributed by atoms with Gasteiger partial charge in [0.1, 0.15) is 30.7 Å². The maximum absolute atomic E-state index is 12.2. The minimum absolute atomic E-state index is 0.0742. The minimum atomic E-state index is -1.38. The summed E-state index contributed by atoms with van der Waals surface area (Å²) in [7, 11) is 0. The van der Waals surface area contributed by atoms with E-state index in [1.807, 2.05) is 18.2 Å². The standard InChI is InChI=1S/C21H19NO7/c23-10-15-12-28-18-7-6-14(8-16(18)19(15)25)20(26)17(24)9-22-21(27)29-11-13-4-2-1-3-5-13/h1-8,10,12,17,20,24,26H,9,11H2,(H,22,27). The van der Waals surface area contributed by atoms with E-state index < -0.39 is 23.7 Å². The molecular weight excluding hydrogens is 378 g/mol. The van der Waals surface area contributed by atoms with E-state index >= 15 is 0 Å². The first-order valence-corrected chi connectivity index (χ1v) is 8.81. The summed E-state index contributed by atoms with van der Waals surface area (Å²) < 4.78 is 10.2. The molecule has 0 spiro atoms. The Balaban J connectivity index is 1.61. The van der Waals surface area contributed by atoms with Crippen LogP contribution in [0.25, 0.3) is 11.0 Å². The summed E-state index contributed by atoms with van der Waals surface area (Å²) in [6, 6.07) is 13.4. The number of hydrogen-bond donors (Lipinski definition) is 3. The van der Waals surface area contributed by atoms with Crippen LogP contribution in [-0.2, 0) is 11.3 Å². The maximum Gasteiger partial charge on any atom is 0.407 e. The number of ether oxygens (including phenoxy) is 1. The molecule has 3 N–H and O–H groups in total. The first-order chi connectivity index (χ1) is 14.0. The summed E-state index contributed by atoms with van der Waals surface area (Å²) in [5.41, 5.74) is 0.612. The molecule has 8 nitrogen and oxygen atoms in total. The van der Waals surface area contributed by atoms with Crippen LogP contribution in [0, 0.1) is 0 Å². The number of aliphatic hydroxyl groups excluding tert-OH is 2. The molecule has 2 unspecified atom stereocenters. The summed E-state index contributed by atoms with van der Waals surface area (Å²) in [5.74, 6) is 0. The van der Waals surface area contributed by atoms with Crippen molar-refractivity contribution in [3.05, 3.63) is 81.7 Å². The van der Waals surface area contributed by atoms with Crippen LogP contribution in [0.3, 0.4) is 0 Å². The summed E-state index contributed by atoms with van der Waals surface area (Å²) in [4.78, 5) is 34.8. The second-order valence-electron chi connectivity index (χ2n) is 6.35. The smallest absolute Gasteiger partial charge is 0.407 e. The zero-order chi connectivity index (χ0) is 20.8. The molecule has 1 amide bonds. The Hall–Kier alpha value is -3.49. The van der Waals surface area contributed by atoms with Crippen molar-refractivity contribution in [2.45, 2.75) is 18.8 Å². The molecule has 0 fully saturated rings. The third kappa shape index (κ3) is 4.87. The third-order valence-electron chi connectivity index (χ3n) is 4.32. The Morgan fingerprint density at radius 1 is 1.17 bits per heavy atom. The second kappa shape index (κ2) is 9.13. The number of alkyl carbamates (subject to hydrolysis) is 1. The molecule has 150 valence electrons. The molecule has 3 rings (SSSR count). The lowest BCUT2D eigenvalue weighted by Crippen LogP contribution is -2.35. The number of nitrogens with one attached hydrogen (secondary N) is 1. The molecule has 0 radical (unpaired) electrons. The Kier molecular flexibility index (Phi) is 6.38. The van der Waals surface area contributed by atoms with Crippen molar-refractivity contribution in [1.82, 2.24) is 5.32 Å². The number of carbonyl (C=O) groups is 2. The molecule has 1 heterocycles. The van der Waals surface area contributed by atoms with Gasteiger partial charge < -0.3 is 24.7 Å². The molecule has 0 saturated carbocycles. The van der Waals surface area contributed by atoms with Crippen LogP contribution in [-0.4, -0.2) is 35.2 Å². The van der Waals surface area contributed by atoms with Crippen LogP contribution >= 0.6 is 0 Å². The van der Waals surface area contributed by atoms with Crippen molar-refractivity contribution < 1.29 is 29.0 Å². The largest absolute Gasteiger partial charge is 0.463 e. The van der Waals surface area contributed by atoms with E-state index in [9.17, 15) is 24.6 Å². The van der Waals surface area contributed by atoms with E-state index in [0.717, 1.165) is 11.8 Å². The Morgan fingerprint density at radius 2 is 1.93 bits per heavy atom. The van der Waals surface area contributed by atoms with Crippen LogP contribution in [0.4, 0.5) is 4.79 Å². The number of rotatable bonds is 7. The average Bonchev–Trinajstić information content (AvgIpc) is 2.76. The quantitative estimate of drug-likeness (QED) is 0.520. The average molecular weight is 397 g/mol. The van der Waals surface area contributed by atoms with Gasteiger partial charge in [0, 0.05) is 6.54 Å². The highest BCUT2D eigenvalue weighted by molar-refractivity contribution is 5.84. The van der Waals surface area contributed by atoms with Gasteiger partial charge in [-0.3, -0.25) is 9.59 Å². The van der Waals surface area contributed by atoms with Gasteiger partial charge in [-0.25, -0.2) is 4.79 Å². The number of aldehydes is 1. The lowest BCUT2D eigenvalue weighted by molar-refractivity contribution is 0.0184. The molecule has 0 bridgehead atoms. The first kappa shape index (κ1) is 20.2. The summed E-state index contributed by atoms with van der Waals surface area (Å²) in [6.45, 7) is -0.194. The highest BCUT2D eigenvalue weighted by Gasteiger charge is 2.20. The summed E-state index contributed by atoms with van der Waals surface area (Å²) in [6.07, 6.45) is -2.03. The van der Waals surface area contributed by atoms with E-state index in [-0.39, 0.29) is 35.2 Å². The Bertz CT molecular complexity index is 1060. The topological polar surface area (TPSA) is 126 Å². The van der Waals surface area contributed by atoms with Crippen LogP contribution < -0.4 is 10.7 Å². The van der Waals surface area contributed by atoms with Gasteiger partial charge in [0.15, 0.2) is 6.29 Å². The lowest BCUT2D eigenvalue weighted by Gasteiger charge is -2.19. The van der Waals surface area contributed by atoms with Crippen molar-refractivity contribution >= 4 is 23.3 Å². The maximum atomic E-state index is 12.2. The molecule has 0 aliphatic heterocycles. The number of carbonyl (C=O) groups excluding carboxylic acids is 2. The summed E-state index contributed by atoms with van der Waals surface area (Å²) >= 11 is 0. The Morgan fingerprint density at radius 3 is 2.66 bits per heavy atom. The van der Waals surface area contributed by atoms with E-state index in [2.05, 4.69) is 5.32 Å². The van der Waals surface area contributed by atoms with Crippen LogP contribution in [0.1, 0.15) is 27.6 Å². The van der Waals surface area contributed by atoms with Crippen LogP contribution in [0.15, 0.2) is 64.0 Å². The van der Waals surface area contributed by atoms with Gasteiger partial charge >= 0.3 is 6.09 Å².